The summed E-state index contributed by atoms with van der Waals surface area (Å²) in [5, 5.41) is 17.6. The van der Waals surface area contributed by atoms with Gasteiger partial charge < -0.3 is 4.42 Å². The van der Waals surface area contributed by atoms with Gasteiger partial charge in [-0.05, 0) is 24.5 Å². The summed E-state index contributed by atoms with van der Waals surface area (Å²) in [5.41, 5.74) is 0.720. The molecule has 2 rings (SSSR count). The van der Waals surface area contributed by atoms with Gasteiger partial charge in [0.25, 0.3) is 0 Å². The number of hydrogen-bond acceptors (Lipinski definition) is 6. The Morgan fingerprint density at radius 2 is 2.18 bits per heavy atom. The molecule has 10 heteroatoms. The lowest BCUT2D eigenvalue weighted by Crippen LogP contribution is -2.12. The van der Waals surface area contributed by atoms with E-state index in [4.69, 9.17) is 5.26 Å². The molecule has 0 atom stereocenters. The lowest BCUT2D eigenvalue weighted by molar-refractivity contribution is -0.156. The van der Waals surface area contributed by atoms with E-state index in [2.05, 4.69) is 24.9 Å². The fourth-order valence-corrected chi connectivity index (χ4v) is 1.80. The number of rotatable bonds is 2. The van der Waals surface area contributed by atoms with Gasteiger partial charge in [0.2, 0.25) is 5.89 Å². The van der Waals surface area contributed by atoms with Crippen LogP contribution in [0.2, 0.25) is 0 Å². The largest absolute Gasteiger partial charge is 0.470 e. The highest BCUT2D eigenvalue weighted by molar-refractivity contribution is 8.13. The van der Waals surface area contributed by atoms with Crippen LogP contribution < -0.4 is 5.32 Å². The maximum Gasteiger partial charge on any atom is 0.470 e. The molecule has 0 amide bonds. The molecule has 0 aliphatic rings. The normalized spacial score (nSPS) is 12.0. The number of nitrogens with one attached hydrogen (secondary N) is 1. The fourth-order valence-electron chi connectivity index (χ4n) is 1.45. The van der Waals surface area contributed by atoms with Gasteiger partial charge in [0.1, 0.15) is 0 Å². The van der Waals surface area contributed by atoms with E-state index in [1.54, 1.807) is 24.6 Å². The van der Waals surface area contributed by atoms with Crippen molar-refractivity contribution in [2.75, 3.05) is 6.26 Å². The van der Waals surface area contributed by atoms with Crippen LogP contribution in [0.4, 0.5) is 18.9 Å². The lowest BCUT2D eigenvalue weighted by atomic mass is 10.2. The Bertz CT molecular complexity index is 735. The zero-order chi connectivity index (χ0) is 16.2. The van der Waals surface area contributed by atoms with E-state index < -0.39 is 12.1 Å². The molecule has 1 aromatic heterocycles. The van der Waals surface area contributed by atoms with Crippen LogP contribution in [-0.2, 0) is 6.18 Å². The molecule has 1 heterocycles. The van der Waals surface area contributed by atoms with Crippen molar-refractivity contribution >= 4 is 22.6 Å². The summed E-state index contributed by atoms with van der Waals surface area (Å²) in [4.78, 5) is 4.14. The number of halogens is 3. The van der Waals surface area contributed by atoms with Gasteiger partial charge in [-0.1, -0.05) is 17.8 Å². The summed E-state index contributed by atoms with van der Waals surface area (Å²) in [6, 6.07) is 6.20. The van der Waals surface area contributed by atoms with Gasteiger partial charge in [0.05, 0.1) is 5.69 Å². The Labute approximate surface area is 127 Å². The van der Waals surface area contributed by atoms with Gasteiger partial charge in [0, 0.05) is 5.56 Å². The summed E-state index contributed by atoms with van der Waals surface area (Å²) >= 11 is 1.21. The van der Waals surface area contributed by atoms with Crippen LogP contribution in [0.5, 0.6) is 0 Å². The van der Waals surface area contributed by atoms with Crippen LogP contribution in [0.25, 0.3) is 11.5 Å². The number of nitriles is 1. The van der Waals surface area contributed by atoms with Crippen molar-refractivity contribution in [3.63, 3.8) is 0 Å². The lowest BCUT2D eigenvalue weighted by Gasteiger charge is -2.01. The van der Waals surface area contributed by atoms with Crippen molar-refractivity contribution in [2.24, 2.45) is 4.99 Å². The van der Waals surface area contributed by atoms with Crippen LogP contribution in [0.3, 0.4) is 0 Å². The van der Waals surface area contributed by atoms with Crippen molar-refractivity contribution in [1.29, 1.82) is 5.26 Å². The van der Waals surface area contributed by atoms with Gasteiger partial charge in [-0.2, -0.15) is 18.4 Å². The van der Waals surface area contributed by atoms with Crippen LogP contribution in [0.15, 0.2) is 33.7 Å². The predicted octanol–water partition coefficient (Wildman–Crippen LogP) is 3.18. The molecule has 22 heavy (non-hydrogen) atoms. The molecule has 0 aliphatic carbocycles. The number of nitrogens with zero attached hydrogens (tertiary/aromatic N) is 4. The van der Waals surface area contributed by atoms with Crippen molar-refractivity contribution in [3.8, 4) is 17.6 Å². The molecule has 0 unspecified atom stereocenters. The standard InChI is InChI=1S/C12H8F3N5OS/c1-22-11(17-6-16)18-8-4-2-3-7(5-8)9-19-20-10(21-9)12(13,14)15/h2-5H,1H3,(H,17,18). The molecular weight excluding hydrogens is 319 g/mol. The molecule has 0 saturated heterocycles. The highest BCUT2D eigenvalue weighted by Crippen LogP contribution is 2.31. The average Bonchev–Trinajstić information content (AvgIpc) is 2.97. The third-order valence-corrected chi connectivity index (χ3v) is 2.93. The Morgan fingerprint density at radius 3 is 2.77 bits per heavy atom. The second kappa shape index (κ2) is 6.48. The second-order valence-corrected chi connectivity index (χ2v) is 4.61. The van der Waals surface area contributed by atoms with Crippen LogP contribution >= 0.6 is 11.8 Å². The van der Waals surface area contributed by atoms with Gasteiger partial charge in [-0.15, -0.1) is 10.2 Å². The van der Waals surface area contributed by atoms with E-state index in [9.17, 15) is 13.2 Å². The monoisotopic (exact) mass is 327 g/mol. The highest BCUT2D eigenvalue weighted by Gasteiger charge is 2.38. The molecule has 6 nitrogen and oxygen atoms in total. The first-order valence-electron chi connectivity index (χ1n) is 5.73. The Balaban J connectivity index is 2.33. The van der Waals surface area contributed by atoms with Gasteiger partial charge >= 0.3 is 12.1 Å². The number of thioether (sulfide) groups is 1. The van der Waals surface area contributed by atoms with E-state index >= 15 is 0 Å². The Morgan fingerprint density at radius 1 is 1.41 bits per heavy atom. The first-order valence-corrected chi connectivity index (χ1v) is 6.95. The number of aromatic nitrogens is 2. The number of amidine groups is 1. The first kappa shape index (κ1) is 15.8. The zero-order valence-electron chi connectivity index (χ0n) is 11.0. The number of aliphatic imine (C=N–C) groups is 1. The number of benzene rings is 1. The van der Waals surface area contributed by atoms with Gasteiger partial charge in [-0.25, -0.2) is 4.99 Å². The minimum absolute atomic E-state index is 0.261. The molecule has 0 saturated carbocycles. The van der Waals surface area contributed by atoms with Crippen LogP contribution in [0, 0.1) is 11.5 Å². The van der Waals surface area contributed by atoms with E-state index in [1.165, 1.54) is 23.9 Å². The molecule has 0 bridgehead atoms. The Kier molecular flexibility index (Phi) is 4.67. The summed E-state index contributed by atoms with van der Waals surface area (Å²) < 4.78 is 41.9. The number of hydrogen-bond donors (Lipinski definition) is 1. The summed E-state index contributed by atoms with van der Waals surface area (Å²) in [6.07, 6.45) is -1.23. The van der Waals surface area contributed by atoms with Gasteiger partial charge in [0.15, 0.2) is 11.4 Å². The van der Waals surface area contributed by atoms with Gasteiger partial charge in [-0.3, -0.25) is 5.32 Å². The molecule has 2 aromatic rings. The maximum atomic E-state index is 12.4. The molecule has 0 aliphatic heterocycles. The predicted molar refractivity (Wildman–Crippen MR) is 74.1 cm³/mol. The van der Waals surface area contributed by atoms with Crippen LogP contribution in [0.1, 0.15) is 5.89 Å². The van der Waals surface area contributed by atoms with E-state index in [0.29, 0.717) is 16.4 Å². The molecule has 114 valence electrons. The quantitative estimate of drug-likeness (QED) is 0.394. The molecule has 1 N–H and O–H groups in total. The molecule has 0 radical (unpaired) electrons. The van der Waals surface area contributed by atoms with Crippen molar-refractivity contribution in [2.45, 2.75) is 6.18 Å². The third-order valence-electron chi connectivity index (χ3n) is 2.35. The minimum Gasteiger partial charge on any atom is -0.413 e. The summed E-state index contributed by atoms with van der Waals surface area (Å²) in [6.45, 7) is 0. The second-order valence-electron chi connectivity index (χ2n) is 3.82. The highest BCUT2D eigenvalue weighted by atomic mass is 32.2. The van der Waals surface area contributed by atoms with Crippen molar-refractivity contribution in [1.82, 2.24) is 15.5 Å². The SMILES string of the molecule is CSC(=Nc1cccc(-c2nnc(C(F)(F)F)o2)c1)NC#N. The summed E-state index contributed by atoms with van der Waals surface area (Å²) in [5.74, 6) is -1.67. The molecule has 0 spiro atoms. The smallest absolute Gasteiger partial charge is 0.413 e. The topological polar surface area (TPSA) is 87.1 Å². The molecular formula is C12H8F3N5OS. The van der Waals surface area contributed by atoms with E-state index in [-0.39, 0.29) is 5.89 Å². The summed E-state index contributed by atoms with van der Waals surface area (Å²) in [7, 11) is 0. The fraction of sp³-hybridized carbons (Fsp3) is 0.167. The maximum absolute atomic E-state index is 12.4. The van der Waals surface area contributed by atoms with Crippen LogP contribution in [-0.4, -0.2) is 21.6 Å². The van der Waals surface area contributed by atoms with E-state index in [0.717, 1.165) is 0 Å². The molecule has 0 fully saturated rings. The minimum atomic E-state index is -4.69. The van der Waals surface area contributed by atoms with Crippen molar-refractivity contribution in [3.05, 3.63) is 30.2 Å². The average molecular weight is 327 g/mol. The van der Waals surface area contributed by atoms with Crippen molar-refractivity contribution < 1.29 is 17.6 Å². The first-order chi connectivity index (χ1) is 10.4. The Hall–Kier alpha value is -2.54. The van der Waals surface area contributed by atoms with E-state index in [1.807, 2.05) is 0 Å². The molecule has 1 aromatic carbocycles. The zero-order valence-corrected chi connectivity index (χ0v) is 11.9. The third kappa shape index (κ3) is 3.76. The number of alkyl halides is 3.